The van der Waals surface area contributed by atoms with E-state index in [2.05, 4.69) is 10.6 Å². The molecule has 0 spiro atoms. The van der Waals surface area contributed by atoms with Crippen LogP contribution >= 0.6 is 23.2 Å². The summed E-state index contributed by atoms with van der Waals surface area (Å²) in [7, 11) is 1.59. The number of urea groups is 1. The molecule has 5 nitrogen and oxygen atoms in total. The lowest BCUT2D eigenvalue weighted by Gasteiger charge is -2.12. The van der Waals surface area contributed by atoms with E-state index in [1.165, 1.54) is 0 Å². The summed E-state index contributed by atoms with van der Waals surface area (Å²) in [5.74, 6) is 1.29. The molecule has 0 radical (unpaired) electrons. The van der Waals surface area contributed by atoms with Crippen molar-refractivity contribution in [2.45, 2.75) is 6.92 Å². The summed E-state index contributed by atoms with van der Waals surface area (Å²) in [5, 5.41) is 5.99. The van der Waals surface area contributed by atoms with E-state index in [0.29, 0.717) is 40.4 Å². The number of rotatable bonds is 6. The van der Waals surface area contributed by atoms with Gasteiger partial charge in [-0.1, -0.05) is 35.3 Å². The Labute approximate surface area is 150 Å². The van der Waals surface area contributed by atoms with Crippen molar-refractivity contribution in [3.05, 3.63) is 52.0 Å². The Bertz CT molecular complexity index is 723. The van der Waals surface area contributed by atoms with Crippen LogP contribution < -0.4 is 20.1 Å². The second-order valence-corrected chi connectivity index (χ2v) is 5.77. The van der Waals surface area contributed by atoms with Crippen molar-refractivity contribution in [2.24, 2.45) is 0 Å². The number of amides is 2. The summed E-state index contributed by atoms with van der Waals surface area (Å²) >= 11 is 11.9. The first-order chi connectivity index (χ1) is 11.5. The van der Waals surface area contributed by atoms with Gasteiger partial charge in [0.05, 0.1) is 29.4 Å². The quantitative estimate of drug-likeness (QED) is 0.737. The van der Waals surface area contributed by atoms with Gasteiger partial charge in [0.15, 0.2) is 11.5 Å². The van der Waals surface area contributed by atoms with Crippen molar-refractivity contribution in [3.63, 3.8) is 0 Å². The second-order valence-electron chi connectivity index (χ2n) is 4.99. The van der Waals surface area contributed by atoms with E-state index >= 15 is 0 Å². The second kappa shape index (κ2) is 8.66. The zero-order valence-corrected chi connectivity index (χ0v) is 14.9. The number of benzene rings is 2. The maximum absolute atomic E-state index is 11.9. The number of aryl methyl sites for hydroxylation is 1. The van der Waals surface area contributed by atoms with Gasteiger partial charge in [0, 0.05) is 0 Å². The van der Waals surface area contributed by atoms with Gasteiger partial charge in [-0.05, 0) is 36.8 Å². The Morgan fingerprint density at radius 1 is 1.17 bits per heavy atom. The third kappa shape index (κ3) is 4.94. The predicted molar refractivity (Wildman–Crippen MR) is 96.7 cm³/mol. The molecule has 0 saturated carbocycles. The number of methoxy groups -OCH3 is 1. The van der Waals surface area contributed by atoms with Crippen LogP contribution in [-0.2, 0) is 0 Å². The Hall–Kier alpha value is -2.11. The zero-order chi connectivity index (χ0) is 17.5. The normalized spacial score (nSPS) is 10.2. The van der Waals surface area contributed by atoms with Crippen molar-refractivity contribution >= 4 is 34.9 Å². The molecule has 0 aliphatic heterocycles. The van der Waals surface area contributed by atoms with E-state index in [1.54, 1.807) is 25.3 Å². The first kappa shape index (κ1) is 18.2. The molecule has 24 heavy (non-hydrogen) atoms. The number of anilines is 1. The highest BCUT2D eigenvalue weighted by Crippen LogP contribution is 2.29. The number of carbonyl (C=O) groups is 1. The van der Waals surface area contributed by atoms with Gasteiger partial charge < -0.3 is 20.1 Å². The highest BCUT2D eigenvalue weighted by Gasteiger charge is 2.08. The van der Waals surface area contributed by atoms with E-state index in [-0.39, 0.29) is 0 Å². The van der Waals surface area contributed by atoms with Gasteiger partial charge in [-0.15, -0.1) is 0 Å². The number of halogens is 2. The Morgan fingerprint density at radius 2 is 1.96 bits per heavy atom. The minimum absolute atomic E-state index is 0.301. The monoisotopic (exact) mass is 368 g/mol. The van der Waals surface area contributed by atoms with E-state index in [9.17, 15) is 4.79 Å². The average molecular weight is 369 g/mol. The average Bonchev–Trinajstić information content (AvgIpc) is 2.56. The molecule has 2 aromatic rings. The minimum Gasteiger partial charge on any atom is -0.493 e. The smallest absolute Gasteiger partial charge is 0.319 e. The van der Waals surface area contributed by atoms with Crippen LogP contribution in [0.25, 0.3) is 0 Å². The van der Waals surface area contributed by atoms with Crippen molar-refractivity contribution in [1.82, 2.24) is 5.32 Å². The standard InChI is InChI=1S/C17H18Cl2N2O3/c1-11-6-7-14(15(10-11)23-2)24-9-8-20-17(22)21-13-5-3-4-12(18)16(13)19/h3-7,10H,8-9H2,1-2H3,(H2,20,21,22). The van der Waals surface area contributed by atoms with Gasteiger partial charge >= 0.3 is 6.03 Å². The fraction of sp³-hybridized carbons (Fsp3) is 0.235. The first-order valence-electron chi connectivity index (χ1n) is 7.27. The maximum Gasteiger partial charge on any atom is 0.319 e. The zero-order valence-electron chi connectivity index (χ0n) is 13.4. The predicted octanol–water partition coefficient (Wildman–Crippen LogP) is 4.51. The van der Waals surface area contributed by atoms with Crippen molar-refractivity contribution in [1.29, 1.82) is 0 Å². The van der Waals surface area contributed by atoms with Gasteiger partial charge in [0.25, 0.3) is 0 Å². The van der Waals surface area contributed by atoms with Crippen molar-refractivity contribution < 1.29 is 14.3 Å². The van der Waals surface area contributed by atoms with Crippen LogP contribution in [0.5, 0.6) is 11.5 Å². The molecule has 0 atom stereocenters. The minimum atomic E-state index is -0.390. The van der Waals surface area contributed by atoms with E-state index in [0.717, 1.165) is 5.56 Å². The highest BCUT2D eigenvalue weighted by atomic mass is 35.5. The summed E-state index contributed by atoms with van der Waals surface area (Å²) in [6.07, 6.45) is 0. The molecule has 2 rings (SSSR count). The summed E-state index contributed by atoms with van der Waals surface area (Å²) in [6.45, 7) is 2.59. The van der Waals surface area contributed by atoms with Crippen LogP contribution in [0.2, 0.25) is 10.0 Å². The van der Waals surface area contributed by atoms with Gasteiger partial charge in [-0.2, -0.15) is 0 Å². The lowest BCUT2D eigenvalue weighted by Crippen LogP contribution is -2.32. The summed E-state index contributed by atoms with van der Waals surface area (Å²) in [6, 6.07) is 10.3. The summed E-state index contributed by atoms with van der Waals surface area (Å²) in [5.41, 5.74) is 1.53. The first-order valence-corrected chi connectivity index (χ1v) is 8.03. The molecule has 0 aromatic heterocycles. The molecule has 2 amide bonds. The molecule has 0 fully saturated rings. The van der Waals surface area contributed by atoms with Crippen molar-refractivity contribution in [3.8, 4) is 11.5 Å². The number of hydrogen-bond acceptors (Lipinski definition) is 3. The molecule has 0 aliphatic rings. The summed E-state index contributed by atoms with van der Waals surface area (Å²) < 4.78 is 10.9. The molecule has 0 saturated heterocycles. The molecule has 2 N–H and O–H groups in total. The van der Waals surface area contributed by atoms with Crippen LogP contribution in [0.1, 0.15) is 5.56 Å². The molecule has 0 bridgehead atoms. The molecular formula is C17H18Cl2N2O3. The Balaban J connectivity index is 1.80. The largest absolute Gasteiger partial charge is 0.493 e. The topological polar surface area (TPSA) is 59.6 Å². The third-order valence-corrected chi connectivity index (χ3v) is 3.98. The number of ether oxygens (including phenoxy) is 2. The Kier molecular flexibility index (Phi) is 6.58. The van der Waals surface area contributed by atoms with Gasteiger partial charge in [0.2, 0.25) is 0 Å². The van der Waals surface area contributed by atoms with Crippen LogP contribution in [0.15, 0.2) is 36.4 Å². The molecule has 2 aromatic carbocycles. The van der Waals surface area contributed by atoms with Crippen LogP contribution in [0.4, 0.5) is 10.5 Å². The molecule has 7 heteroatoms. The molecule has 0 unspecified atom stereocenters. The molecule has 0 aliphatic carbocycles. The van der Waals surface area contributed by atoms with Crippen LogP contribution in [0.3, 0.4) is 0 Å². The van der Waals surface area contributed by atoms with Crippen LogP contribution in [0, 0.1) is 6.92 Å². The fourth-order valence-electron chi connectivity index (χ4n) is 1.99. The van der Waals surface area contributed by atoms with E-state index in [1.807, 2.05) is 25.1 Å². The Morgan fingerprint density at radius 3 is 2.71 bits per heavy atom. The van der Waals surface area contributed by atoms with Gasteiger partial charge in [-0.3, -0.25) is 0 Å². The maximum atomic E-state index is 11.9. The lowest BCUT2D eigenvalue weighted by molar-refractivity contribution is 0.246. The van der Waals surface area contributed by atoms with E-state index in [4.69, 9.17) is 32.7 Å². The number of hydrogen-bond donors (Lipinski definition) is 2. The van der Waals surface area contributed by atoms with E-state index < -0.39 is 6.03 Å². The fourth-order valence-corrected chi connectivity index (χ4v) is 2.33. The SMILES string of the molecule is COc1cc(C)ccc1OCCNC(=O)Nc1cccc(Cl)c1Cl. The third-order valence-electron chi connectivity index (χ3n) is 3.16. The lowest BCUT2D eigenvalue weighted by atomic mass is 10.2. The van der Waals surface area contributed by atoms with Gasteiger partial charge in [-0.25, -0.2) is 4.79 Å². The highest BCUT2D eigenvalue weighted by molar-refractivity contribution is 6.43. The number of nitrogens with one attached hydrogen (secondary N) is 2. The summed E-state index contributed by atoms with van der Waals surface area (Å²) in [4.78, 5) is 11.9. The molecule has 128 valence electrons. The molecule has 0 heterocycles. The van der Waals surface area contributed by atoms with Gasteiger partial charge in [0.1, 0.15) is 6.61 Å². The number of carbonyl (C=O) groups excluding carboxylic acids is 1. The van der Waals surface area contributed by atoms with Crippen LogP contribution in [-0.4, -0.2) is 26.3 Å². The molecular weight excluding hydrogens is 351 g/mol. The van der Waals surface area contributed by atoms with Crippen molar-refractivity contribution in [2.75, 3.05) is 25.6 Å².